The molecular formula is C13H19N3O2. The summed E-state index contributed by atoms with van der Waals surface area (Å²) in [5.41, 5.74) is 7.41. The minimum absolute atomic E-state index is 0.224. The third-order valence-electron chi connectivity index (χ3n) is 3.38. The molecule has 1 fully saturated rings. The van der Waals surface area contributed by atoms with E-state index in [-0.39, 0.29) is 5.56 Å². The van der Waals surface area contributed by atoms with Crippen molar-refractivity contribution >= 4 is 17.3 Å². The number of benzene rings is 1. The zero-order valence-corrected chi connectivity index (χ0v) is 10.5. The van der Waals surface area contributed by atoms with Crippen molar-refractivity contribution in [3.05, 3.63) is 23.8 Å². The van der Waals surface area contributed by atoms with E-state index in [4.69, 9.17) is 10.8 Å². The fourth-order valence-electron chi connectivity index (χ4n) is 2.20. The molecule has 4 N–H and O–H groups in total. The zero-order valence-electron chi connectivity index (χ0n) is 10.5. The summed E-state index contributed by atoms with van der Waals surface area (Å²) in [7, 11) is 2.12. The largest absolute Gasteiger partial charge is 0.478 e. The van der Waals surface area contributed by atoms with Gasteiger partial charge in [-0.2, -0.15) is 0 Å². The molecular weight excluding hydrogens is 230 g/mol. The highest BCUT2D eigenvalue weighted by Crippen LogP contribution is 2.23. The van der Waals surface area contributed by atoms with Crippen LogP contribution in [0.3, 0.4) is 0 Å². The van der Waals surface area contributed by atoms with E-state index >= 15 is 0 Å². The van der Waals surface area contributed by atoms with Crippen molar-refractivity contribution in [3.63, 3.8) is 0 Å². The van der Waals surface area contributed by atoms with E-state index in [1.165, 1.54) is 6.07 Å². The normalized spacial score (nSPS) is 17.6. The van der Waals surface area contributed by atoms with Gasteiger partial charge in [0.05, 0.1) is 16.9 Å². The van der Waals surface area contributed by atoms with Gasteiger partial charge in [0.15, 0.2) is 0 Å². The molecule has 1 saturated heterocycles. The van der Waals surface area contributed by atoms with Crippen LogP contribution in [0.5, 0.6) is 0 Å². The Morgan fingerprint density at radius 2 is 2.11 bits per heavy atom. The maximum atomic E-state index is 10.8. The maximum Gasteiger partial charge on any atom is 0.335 e. The lowest BCUT2D eigenvalue weighted by Crippen LogP contribution is -2.36. The van der Waals surface area contributed by atoms with Crippen LogP contribution in [0.4, 0.5) is 11.4 Å². The van der Waals surface area contributed by atoms with Crippen LogP contribution < -0.4 is 11.1 Å². The van der Waals surface area contributed by atoms with Crippen LogP contribution in [0.25, 0.3) is 0 Å². The number of carbonyl (C=O) groups is 1. The molecule has 0 spiro atoms. The molecule has 1 aliphatic heterocycles. The van der Waals surface area contributed by atoms with Gasteiger partial charge < -0.3 is 21.1 Å². The number of carboxylic acids is 1. The number of hydrogen-bond acceptors (Lipinski definition) is 4. The Morgan fingerprint density at radius 3 is 2.67 bits per heavy atom. The van der Waals surface area contributed by atoms with E-state index in [0.717, 1.165) is 31.6 Å². The summed E-state index contributed by atoms with van der Waals surface area (Å²) in [5, 5.41) is 12.3. The number of likely N-dealkylation sites (tertiary alicyclic amines) is 1. The molecule has 0 aromatic heterocycles. The topological polar surface area (TPSA) is 78.6 Å². The molecule has 98 valence electrons. The first-order valence-electron chi connectivity index (χ1n) is 6.14. The number of piperidine rings is 1. The van der Waals surface area contributed by atoms with Crippen molar-refractivity contribution < 1.29 is 9.90 Å². The Bertz CT molecular complexity index is 440. The second kappa shape index (κ2) is 5.27. The van der Waals surface area contributed by atoms with Crippen LogP contribution in [-0.4, -0.2) is 42.2 Å². The van der Waals surface area contributed by atoms with E-state index in [1.54, 1.807) is 12.1 Å². The van der Waals surface area contributed by atoms with Gasteiger partial charge in [-0.15, -0.1) is 0 Å². The standard InChI is InChI=1S/C13H19N3O2/c1-16-6-4-10(5-7-16)15-12-3-2-9(13(17)18)8-11(12)14/h2-3,8,10,15H,4-7,14H2,1H3,(H,17,18). The van der Waals surface area contributed by atoms with Crippen LogP contribution in [0, 0.1) is 0 Å². The number of nitrogens with two attached hydrogens (primary N) is 1. The van der Waals surface area contributed by atoms with Crippen molar-refractivity contribution in [3.8, 4) is 0 Å². The van der Waals surface area contributed by atoms with E-state index in [2.05, 4.69) is 17.3 Å². The molecule has 0 radical (unpaired) electrons. The van der Waals surface area contributed by atoms with Gasteiger partial charge in [0.2, 0.25) is 0 Å². The SMILES string of the molecule is CN1CCC(Nc2ccc(C(=O)O)cc2N)CC1. The first-order chi connectivity index (χ1) is 8.56. The minimum atomic E-state index is -0.951. The molecule has 2 rings (SSSR count). The summed E-state index contributed by atoms with van der Waals surface area (Å²) in [5.74, 6) is -0.951. The average molecular weight is 249 g/mol. The Morgan fingerprint density at radius 1 is 1.44 bits per heavy atom. The van der Waals surface area contributed by atoms with Gasteiger partial charge in [0.1, 0.15) is 0 Å². The molecule has 0 bridgehead atoms. The third-order valence-corrected chi connectivity index (χ3v) is 3.38. The fourth-order valence-corrected chi connectivity index (χ4v) is 2.20. The molecule has 0 amide bonds. The number of hydrogen-bond donors (Lipinski definition) is 3. The van der Waals surface area contributed by atoms with E-state index in [9.17, 15) is 4.79 Å². The summed E-state index contributed by atoms with van der Waals surface area (Å²) in [6.07, 6.45) is 2.16. The molecule has 0 aliphatic carbocycles. The lowest BCUT2D eigenvalue weighted by atomic mass is 10.0. The lowest BCUT2D eigenvalue weighted by molar-refractivity contribution is 0.0697. The van der Waals surface area contributed by atoms with Crippen molar-refractivity contribution in [1.82, 2.24) is 4.90 Å². The molecule has 0 atom stereocenters. The van der Waals surface area contributed by atoms with Crippen molar-refractivity contribution in [2.24, 2.45) is 0 Å². The van der Waals surface area contributed by atoms with E-state index < -0.39 is 5.97 Å². The Kier molecular flexibility index (Phi) is 3.72. The minimum Gasteiger partial charge on any atom is -0.478 e. The molecule has 18 heavy (non-hydrogen) atoms. The highest BCUT2D eigenvalue weighted by Gasteiger charge is 2.17. The van der Waals surface area contributed by atoms with Crippen molar-refractivity contribution in [2.75, 3.05) is 31.2 Å². The molecule has 0 unspecified atom stereocenters. The molecule has 5 heteroatoms. The highest BCUT2D eigenvalue weighted by atomic mass is 16.4. The molecule has 1 aromatic carbocycles. The Balaban J connectivity index is 2.03. The maximum absolute atomic E-state index is 10.8. The van der Waals surface area contributed by atoms with Gasteiger partial charge in [-0.05, 0) is 51.2 Å². The smallest absolute Gasteiger partial charge is 0.335 e. The van der Waals surface area contributed by atoms with Gasteiger partial charge in [-0.3, -0.25) is 0 Å². The number of rotatable bonds is 3. The second-order valence-corrected chi connectivity index (χ2v) is 4.83. The lowest BCUT2D eigenvalue weighted by Gasteiger charge is -2.30. The van der Waals surface area contributed by atoms with Gasteiger partial charge in [-0.25, -0.2) is 4.79 Å². The van der Waals surface area contributed by atoms with Gasteiger partial charge in [0.25, 0.3) is 0 Å². The predicted octanol–water partition coefficient (Wildman–Crippen LogP) is 1.47. The first kappa shape index (κ1) is 12.7. The Hall–Kier alpha value is -1.75. The van der Waals surface area contributed by atoms with E-state index in [1.807, 2.05) is 0 Å². The number of nitrogens with zero attached hydrogens (tertiary/aromatic N) is 1. The fraction of sp³-hybridized carbons (Fsp3) is 0.462. The number of aromatic carboxylic acids is 1. The molecule has 5 nitrogen and oxygen atoms in total. The zero-order chi connectivity index (χ0) is 13.1. The second-order valence-electron chi connectivity index (χ2n) is 4.83. The number of carboxylic acid groups (broad SMARTS) is 1. The highest BCUT2D eigenvalue weighted by molar-refractivity contribution is 5.90. The summed E-state index contributed by atoms with van der Waals surface area (Å²) in [6.45, 7) is 2.15. The summed E-state index contributed by atoms with van der Waals surface area (Å²) in [4.78, 5) is 13.1. The number of anilines is 2. The van der Waals surface area contributed by atoms with E-state index in [0.29, 0.717) is 11.7 Å². The molecule has 1 aromatic rings. The summed E-state index contributed by atoms with van der Waals surface area (Å²) in [6, 6.07) is 5.24. The predicted molar refractivity (Wildman–Crippen MR) is 72.0 cm³/mol. The first-order valence-corrected chi connectivity index (χ1v) is 6.14. The van der Waals surface area contributed by atoms with Gasteiger partial charge >= 0.3 is 5.97 Å². The van der Waals surface area contributed by atoms with Crippen LogP contribution >= 0.6 is 0 Å². The van der Waals surface area contributed by atoms with Crippen LogP contribution in [0.1, 0.15) is 23.2 Å². The Labute approximate surface area is 107 Å². The third kappa shape index (κ3) is 2.92. The number of nitrogens with one attached hydrogen (secondary N) is 1. The number of nitrogen functional groups attached to an aromatic ring is 1. The van der Waals surface area contributed by atoms with Crippen LogP contribution in [-0.2, 0) is 0 Å². The quantitative estimate of drug-likeness (QED) is 0.707. The monoisotopic (exact) mass is 249 g/mol. The van der Waals surface area contributed by atoms with Gasteiger partial charge in [-0.1, -0.05) is 0 Å². The summed E-state index contributed by atoms with van der Waals surface area (Å²) >= 11 is 0. The van der Waals surface area contributed by atoms with Crippen LogP contribution in [0.15, 0.2) is 18.2 Å². The molecule has 1 aliphatic rings. The van der Waals surface area contributed by atoms with Gasteiger partial charge in [0, 0.05) is 6.04 Å². The molecule has 1 heterocycles. The average Bonchev–Trinajstić information content (AvgIpc) is 2.34. The van der Waals surface area contributed by atoms with Crippen molar-refractivity contribution in [1.29, 1.82) is 0 Å². The summed E-state index contributed by atoms with van der Waals surface area (Å²) < 4.78 is 0. The van der Waals surface area contributed by atoms with Crippen LogP contribution in [0.2, 0.25) is 0 Å². The molecule has 0 saturated carbocycles. The van der Waals surface area contributed by atoms with Crippen molar-refractivity contribution in [2.45, 2.75) is 18.9 Å².